The van der Waals surface area contributed by atoms with Gasteiger partial charge in [0.25, 0.3) is 0 Å². The number of rotatable bonds is 0. The van der Waals surface area contributed by atoms with Gasteiger partial charge in [-0.3, -0.25) is 7.05 Å². The van der Waals surface area contributed by atoms with Crippen molar-refractivity contribution in [1.82, 2.24) is 4.90 Å². The van der Waals surface area contributed by atoms with E-state index in [2.05, 4.69) is 18.0 Å². The van der Waals surface area contributed by atoms with Crippen molar-refractivity contribution in [2.24, 2.45) is 0 Å². The van der Waals surface area contributed by atoms with E-state index >= 15 is 0 Å². The van der Waals surface area contributed by atoms with Crippen LogP contribution in [0.3, 0.4) is 0 Å². The number of nitrogens with zero attached hydrogens (tertiary/aromatic N) is 1. The fourth-order valence-corrected chi connectivity index (χ4v) is 1.30. The van der Waals surface area contributed by atoms with Crippen LogP contribution in [-0.4, -0.2) is 18.0 Å². The van der Waals surface area contributed by atoms with Crippen LogP contribution in [0.25, 0.3) is 0 Å². The standard InChI is InChI=1S/C6H12N.C6H5.Y/c1-7-5-3-2-4-6-7;1-2-4-6-5-3-1;/h1-6H2;1-5H;/q2*-1;. The zero-order valence-corrected chi connectivity index (χ0v) is 11.5. The predicted octanol–water partition coefficient (Wildman–Crippen LogP) is 2.75. The Morgan fingerprint density at radius 1 is 0.929 bits per heavy atom. The van der Waals surface area contributed by atoms with Crippen LogP contribution in [0.2, 0.25) is 0 Å². The van der Waals surface area contributed by atoms with Crippen LogP contribution in [-0.2, 0) is 32.7 Å². The van der Waals surface area contributed by atoms with Gasteiger partial charge in [-0.2, -0.15) is 36.4 Å². The maximum Gasteiger partial charge on any atom is 0 e. The number of hydrogen-bond acceptors (Lipinski definition) is 1. The first-order valence-corrected chi connectivity index (χ1v) is 4.86. The molecule has 1 aliphatic heterocycles. The van der Waals surface area contributed by atoms with Gasteiger partial charge in [0.05, 0.1) is 0 Å². The third kappa shape index (κ3) is 7.67. The van der Waals surface area contributed by atoms with Gasteiger partial charge in [0.2, 0.25) is 0 Å². The van der Waals surface area contributed by atoms with Gasteiger partial charge in [-0.25, -0.2) is 0 Å². The Balaban J connectivity index is 0.000000227. The molecule has 14 heavy (non-hydrogen) atoms. The molecule has 0 unspecified atom stereocenters. The number of likely N-dealkylation sites (tertiary alicyclic amines) is 1. The van der Waals surface area contributed by atoms with Crippen LogP contribution < -0.4 is 0 Å². The topological polar surface area (TPSA) is 3.24 Å². The number of piperidine rings is 1. The molecule has 1 aromatic carbocycles. The summed E-state index contributed by atoms with van der Waals surface area (Å²) in [7, 11) is 3.83. The van der Waals surface area contributed by atoms with E-state index in [1.807, 2.05) is 30.3 Å². The molecule has 1 radical (unpaired) electrons. The number of benzene rings is 1. The van der Waals surface area contributed by atoms with Crippen molar-refractivity contribution < 1.29 is 32.7 Å². The van der Waals surface area contributed by atoms with Crippen molar-refractivity contribution in [2.75, 3.05) is 13.1 Å². The second-order valence-corrected chi connectivity index (χ2v) is 3.26. The maximum absolute atomic E-state index is 3.83. The Labute approximate surface area is 113 Å². The summed E-state index contributed by atoms with van der Waals surface area (Å²) < 4.78 is 0. The summed E-state index contributed by atoms with van der Waals surface area (Å²) in [5, 5.41) is 0. The first-order chi connectivity index (χ1) is 6.39. The molecule has 0 saturated carbocycles. The number of hydrogen-bond donors (Lipinski definition) is 0. The summed E-state index contributed by atoms with van der Waals surface area (Å²) >= 11 is 0. The molecule has 0 N–H and O–H groups in total. The Bertz CT molecular complexity index is 168. The monoisotopic (exact) mass is 264 g/mol. The van der Waals surface area contributed by atoms with Gasteiger partial charge in [0, 0.05) is 32.7 Å². The average Bonchev–Trinajstić information content (AvgIpc) is 2.22. The molecule has 0 aliphatic carbocycles. The van der Waals surface area contributed by atoms with Crippen LogP contribution in [0.4, 0.5) is 0 Å². The molecular formula is C12H17NY-2. The zero-order valence-electron chi connectivity index (χ0n) is 8.65. The third-order valence-electron chi connectivity index (χ3n) is 2.06. The molecule has 0 aromatic heterocycles. The first kappa shape index (κ1) is 14.3. The molecule has 1 nitrogen and oxygen atoms in total. The molecule has 2 rings (SSSR count). The summed E-state index contributed by atoms with van der Waals surface area (Å²) in [5.41, 5.74) is 0. The van der Waals surface area contributed by atoms with E-state index in [-0.39, 0.29) is 32.7 Å². The van der Waals surface area contributed by atoms with Crippen LogP contribution in [0, 0.1) is 13.1 Å². The average molecular weight is 264 g/mol. The summed E-state index contributed by atoms with van der Waals surface area (Å²) in [5.74, 6) is 0. The van der Waals surface area contributed by atoms with E-state index in [4.69, 9.17) is 0 Å². The largest absolute Gasteiger partial charge is 0.459 e. The van der Waals surface area contributed by atoms with Crippen LogP contribution in [0.15, 0.2) is 30.3 Å². The van der Waals surface area contributed by atoms with Crippen molar-refractivity contribution in [3.8, 4) is 0 Å². The smallest absolute Gasteiger partial charge is 0 e. The second-order valence-electron chi connectivity index (χ2n) is 3.26. The van der Waals surface area contributed by atoms with Crippen molar-refractivity contribution in [3.05, 3.63) is 43.4 Å². The minimum Gasteiger partial charge on any atom is -0.459 e. The Kier molecular flexibility index (Phi) is 10.0. The fraction of sp³-hybridized carbons (Fsp3) is 0.417. The summed E-state index contributed by atoms with van der Waals surface area (Å²) in [4.78, 5) is 2.14. The van der Waals surface area contributed by atoms with E-state index in [1.54, 1.807) is 0 Å². The zero-order chi connectivity index (χ0) is 9.36. The minimum absolute atomic E-state index is 0. The van der Waals surface area contributed by atoms with Gasteiger partial charge in [-0.1, -0.05) is 6.42 Å². The predicted molar refractivity (Wildman–Crippen MR) is 56.1 cm³/mol. The van der Waals surface area contributed by atoms with Crippen LogP contribution in [0.1, 0.15) is 19.3 Å². The van der Waals surface area contributed by atoms with Crippen molar-refractivity contribution in [3.63, 3.8) is 0 Å². The van der Waals surface area contributed by atoms with E-state index < -0.39 is 0 Å². The maximum atomic E-state index is 3.83. The molecule has 75 valence electrons. The summed E-state index contributed by atoms with van der Waals surface area (Å²) in [6.07, 6.45) is 4.11. The van der Waals surface area contributed by atoms with Crippen LogP contribution >= 0.6 is 0 Å². The Morgan fingerprint density at radius 2 is 1.50 bits per heavy atom. The van der Waals surface area contributed by atoms with Gasteiger partial charge in [0.15, 0.2) is 0 Å². The van der Waals surface area contributed by atoms with Crippen LogP contribution in [0.5, 0.6) is 0 Å². The van der Waals surface area contributed by atoms with E-state index in [0.717, 1.165) is 0 Å². The second kappa shape index (κ2) is 9.82. The molecule has 1 aliphatic rings. The molecular weight excluding hydrogens is 247 g/mol. The van der Waals surface area contributed by atoms with Gasteiger partial charge < -0.3 is 4.90 Å². The quantitative estimate of drug-likeness (QED) is 0.651. The van der Waals surface area contributed by atoms with E-state index in [1.165, 1.54) is 32.4 Å². The van der Waals surface area contributed by atoms with Gasteiger partial charge in [-0.05, 0) is 25.9 Å². The van der Waals surface area contributed by atoms with Crippen molar-refractivity contribution in [2.45, 2.75) is 19.3 Å². The van der Waals surface area contributed by atoms with Crippen molar-refractivity contribution >= 4 is 0 Å². The summed E-state index contributed by atoms with van der Waals surface area (Å²) in [6.45, 7) is 2.42. The summed E-state index contributed by atoms with van der Waals surface area (Å²) in [6, 6.07) is 12.5. The van der Waals surface area contributed by atoms with Gasteiger partial charge in [-0.15, -0.1) is 0 Å². The molecule has 1 fully saturated rings. The van der Waals surface area contributed by atoms with Gasteiger partial charge in [0.1, 0.15) is 0 Å². The Morgan fingerprint density at radius 3 is 1.71 bits per heavy atom. The normalized spacial score (nSPS) is 16.1. The van der Waals surface area contributed by atoms with Crippen molar-refractivity contribution in [1.29, 1.82) is 0 Å². The van der Waals surface area contributed by atoms with E-state index in [9.17, 15) is 0 Å². The minimum atomic E-state index is 0. The first-order valence-electron chi connectivity index (χ1n) is 4.86. The fourth-order valence-electron chi connectivity index (χ4n) is 1.30. The SMILES string of the molecule is [CH2-]N1CCCCC1.[Y].[c-]1ccccc1. The molecule has 1 heterocycles. The molecule has 1 aromatic rings. The third-order valence-corrected chi connectivity index (χ3v) is 2.06. The molecule has 0 amide bonds. The molecule has 0 atom stereocenters. The molecule has 1 saturated heterocycles. The molecule has 0 bridgehead atoms. The Hall–Kier alpha value is 0.284. The molecule has 2 heteroatoms. The molecule has 0 spiro atoms. The van der Waals surface area contributed by atoms with E-state index in [0.29, 0.717) is 0 Å². The van der Waals surface area contributed by atoms with Gasteiger partial charge >= 0.3 is 0 Å².